The Hall–Kier alpha value is -3.23. The van der Waals surface area contributed by atoms with Crippen molar-refractivity contribution in [2.75, 3.05) is 32.6 Å². The van der Waals surface area contributed by atoms with Crippen molar-refractivity contribution >= 4 is 40.6 Å². The molecule has 7 nitrogen and oxygen atoms in total. The number of carbonyl (C=O) groups is 2. The lowest BCUT2D eigenvalue weighted by atomic mass is 10.1. The largest absolute Gasteiger partial charge is 0.493 e. The van der Waals surface area contributed by atoms with E-state index in [0.29, 0.717) is 41.7 Å². The number of nitrogens with zero attached hydrogens (tertiary/aromatic N) is 2. The highest BCUT2D eigenvalue weighted by Crippen LogP contribution is 2.29. The lowest BCUT2D eigenvalue weighted by molar-refractivity contribution is -0.132. The fourth-order valence-corrected chi connectivity index (χ4v) is 4.76. The highest BCUT2D eigenvalue weighted by molar-refractivity contribution is 7.09. The van der Waals surface area contributed by atoms with E-state index in [9.17, 15) is 9.59 Å². The van der Waals surface area contributed by atoms with Gasteiger partial charge in [0.2, 0.25) is 5.91 Å². The number of ether oxygens (including phenoxy) is 2. The van der Waals surface area contributed by atoms with Crippen LogP contribution in [0.4, 0.5) is 10.5 Å². The summed E-state index contributed by atoms with van der Waals surface area (Å²) in [6, 6.07) is 16.5. The van der Waals surface area contributed by atoms with Gasteiger partial charge in [-0.2, -0.15) is 0 Å². The molecule has 1 aliphatic carbocycles. The molecule has 3 aromatic rings. The molecule has 3 amide bonds. The fraction of sp³-hybridized carbons (Fsp3) is 0.333. The van der Waals surface area contributed by atoms with Crippen molar-refractivity contribution in [2.45, 2.75) is 31.8 Å². The lowest BCUT2D eigenvalue weighted by Gasteiger charge is -2.28. The predicted molar refractivity (Wildman–Crippen MR) is 143 cm³/mol. The third-order valence-electron chi connectivity index (χ3n) is 6.05. The van der Waals surface area contributed by atoms with Crippen molar-refractivity contribution in [1.29, 1.82) is 0 Å². The minimum absolute atomic E-state index is 0.0292. The number of hydrogen-bond donors (Lipinski definition) is 1. The number of carbonyl (C=O) groups excluding carboxylic acids is 2. The Labute approximate surface area is 220 Å². The molecular weight excluding hydrogens is 498 g/mol. The number of benzene rings is 2. The molecule has 36 heavy (non-hydrogen) atoms. The Morgan fingerprint density at radius 2 is 1.81 bits per heavy atom. The number of halogens is 1. The number of rotatable bonds is 11. The minimum Gasteiger partial charge on any atom is -0.493 e. The molecule has 0 spiro atoms. The van der Waals surface area contributed by atoms with Crippen molar-refractivity contribution in [2.24, 2.45) is 0 Å². The van der Waals surface area contributed by atoms with Gasteiger partial charge in [0.05, 0.1) is 20.8 Å². The van der Waals surface area contributed by atoms with Crippen LogP contribution in [0.25, 0.3) is 0 Å². The number of thiophene rings is 1. The van der Waals surface area contributed by atoms with Gasteiger partial charge < -0.3 is 24.6 Å². The summed E-state index contributed by atoms with van der Waals surface area (Å²) in [5.41, 5.74) is 1.68. The summed E-state index contributed by atoms with van der Waals surface area (Å²) in [7, 11) is 3.21. The van der Waals surface area contributed by atoms with Gasteiger partial charge in [-0.05, 0) is 72.7 Å². The summed E-state index contributed by atoms with van der Waals surface area (Å²) >= 11 is 7.57. The number of methoxy groups -OCH3 is 2. The summed E-state index contributed by atoms with van der Waals surface area (Å²) in [5.74, 6) is 1.24. The van der Waals surface area contributed by atoms with Crippen LogP contribution in [-0.4, -0.2) is 55.1 Å². The molecule has 0 saturated heterocycles. The quantitative estimate of drug-likeness (QED) is 0.348. The van der Waals surface area contributed by atoms with E-state index in [4.69, 9.17) is 21.1 Å². The molecule has 0 atom stereocenters. The number of urea groups is 1. The number of amides is 3. The first-order valence-electron chi connectivity index (χ1n) is 11.8. The van der Waals surface area contributed by atoms with Gasteiger partial charge in [0.15, 0.2) is 11.5 Å². The van der Waals surface area contributed by atoms with E-state index in [2.05, 4.69) is 5.32 Å². The Kier molecular flexibility index (Phi) is 8.72. The SMILES string of the molecule is COc1ccc(CCN(Cc2cccs2)C(=O)CN(C(=O)Nc2ccc(Cl)cc2)C2CC2)cc1OC. The van der Waals surface area contributed by atoms with Crippen molar-refractivity contribution in [3.63, 3.8) is 0 Å². The fourth-order valence-electron chi connectivity index (χ4n) is 3.91. The maximum Gasteiger partial charge on any atom is 0.322 e. The van der Waals surface area contributed by atoms with Crippen LogP contribution in [0, 0.1) is 0 Å². The third-order valence-corrected chi connectivity index (χ3v) is 7.16. The van der Waals surface area contributed by atoms with Crippen LogP contribution in [0.1, 0.15) is 23.3 Å². The smallest absolute Gasteiger partial charge is 0.322 e. The average molecular weight is 528 g/mol. The van der Waals surface area contributed by atoms with Crippen LogP contribution < -0.4 is 14.8 Å². The maximum absolute atomic E-state index is 13.5. The number of hydrogen-bond acceptors (Lipinski definition) is 5. The molecule has 1 heterocycles. The van der Waals surface area contributed by atoms with Gasteiger partial charge in [0.1, 0.15) is 6.54 Å². The van der Waals surface area contributed by atoms with E-state index in [1.165, 1.54) is 0 Å². The Morgan fingerprint density at radius 1 is 1.06 bits per heavy atom. The normalized spacial score (nSPS) is 12.6. The summed E-state index contributed by atoms with van der Waals surface area (Å²) in [4.78, 5) is 31.1. The average Bonchev–Trinajstić information content (AvgIpc) is 3.60. The second-order valence-corrected chi connectivity index (χ2v) is 10.1. The van der Waals surface area contributed by atoms with Gasteiger partial charge in [-0.1, -0.05) is 23.7 Å². The molecule has 9 heteroatoms. The van der Waals surface area contributed by atoms with Gasteiger partial charge in [-0.25, -0.2) is 4.79 Å². The van der Waals surface area contributed by atoms with E-state index < -0.39 is 0 Å². The van der Waals surface area contributed by atoms with Gasteiger partial charge in [-0.15, -0.1) is 11.3 Å². The van der Waals surface area contributed by atoms with Crippen LogP contribution in [-0.2, 0) is 17.8 Å². The Bertz CT molecular complexity index is 1170. The predicted octanol–water partition coefficient (Wildman–Crippen LogP) is 5.69. The summed E-state index contributed by atoms with van der Waals surface area (Å²) in [5, 5.41) is 5.50. The zero-order valence-electron chi connectivity index (χ0n) is 20.4. The summed E-state index contributed by atoms with van der Waals surface area (Å²) in [6.07, 6.45) is 2.45. The van der Waals surface area contributed by atoms with E-state index in [0.717, 1.165) is 23.3 Å². The maximum atomic E-state index is 13.5. The van der Waals surface area contributed by atoms with Crippen LogP contribution in [0.3, 0.4) is 0 Å². The van der Waals surface area contributed by atoms with Crippen molar-refractivity contribution < 1.29 is 19.1 Å². The van der Waals surface area contributed by atoms with Gasteiger partial charge in [-0.3, -0.25) is 4.79 Å². The molecule has 0 bridgehead atoms. The van der Waals surface area contributed by atoms with Gasteiger partial charge >= 0.3 is 6.03 Å². The van der Waals surface area contributed by atoms with Crippen LogP contribution in [0.5, 0.6) is 11.5 Å². The van der Waals surface area contributed by atoms with E-state index in [1.54, 1.807) is 54.7 Å². The Balaban J connectivity index is 1.45. The van der Waals surface area contributed by atoms with Crippen molar-refractivity contribution in [3.05, 3.63) is 75.4 Å². The topological polar surface area (TPSA) is 71.1 Å². The molecule has 1 aliphatic rings. The van der Waals surface area contributed by atoms with E-state index in [-0.39, 0.29) is 24.5 Å². The molecule has 2 aromatic carbocycles. The zero-order valence-corrected chi connectivity index (χ0v) is 22.0. The summed E-state index contributed by atoms with van der Waals surface area (Å²) < 4.78 is 10.8. The molecule has 0 unspecified atom stereocenters. The summed E-state index contributed by atoms with van der Waals surface area (Å²) in [6.45, 7) is 1.05. The Morgan fingerprint density at radius 3 is 2.44 bits per heavy atom. The molecule has 190 valence electrons. The molecule has 1 saturated carbocycles. The lowest BCUT2D eigenvalue weighted by Crippen LogP contribution is -2.45. The highest BCUT2D eigenvalue weighted by atomic mass is 35.5. The second-order valence-electron chi connectivity index (χ2n) is 8.63. The van der Waals surface area contributed by atoms with Crippen LogP contribution in [0.2, 0.25) is 5.02 Å². The van der Waals surface area contributed by atoms with Crippen LogP contribution >= 0.6 is 22.9 Å². The number of anilines is 1. The van der Waals surface area contributed by atoms with E-state index in [1.807, 2.05) is 40.6 Å². The second kappa shape index (κ2) is 12.1. The molecule has 1 fully saturated rings. The molecule has 1 N–H and O–H groups in total. The first-order valence-corrected chi connectivity index (χ1v) is 13.1. The molecule has 1 aromatic heterocycles. The first-order chi connectivity index (χ1) is 17.5. The molecule has 0 radical (unpaired) electrons. The number of nitrogens with one attached hydrogen (secondary N) is 1. The standard InChI is InChI=1S/C27H30ClN3O4S/c1-34-24-12-5-19(16-25(24)35-2)13-14-30(17-23-4-3-15-36-23)26(32)18-31(22-10-11-22)27(33)29-21-8-6-20(28)7-9-21/h3-9,12,15-16,22H,10-11,13-14,17-18H2,1-2H3,(H,29,33). The minimum atomic E-state index is -0.274. The van der Waals surface area contributed by atoms with Crippen molar-refractivity contribution in [1.82, 2.24) is 9.80 Å². The molecule has 0 aliphatic heterocycles. The highest BCUT2D eigenvalue weighted by Gasteiger charge is 2.35. The van der Waals surface area contributed by atoms with Crippen molar-refractivity contribution in [3.8, 4) is 11.5 Å². The first kappa shape index (κ1) is 25.9. The van der Waals surface area contributed by atoms with Gasteiger partial charge in [0.25, 0.3) is 0 Å². The van der Waals surface area contributed by atoms with E-state index >= 15 is 0 Å². The molecule has 4 rings (SSSR count). The third kappa shape index (κ3) is 6.92. The van der Waals surface area contributed by atoms with Gasteiger partial charge in [0, 0.05) is 28.2 Å². The monoisotopic (exact) mass is 527 g/mol. The zero-order chi connectivity index (χ0) is 25.5. The molecular formula is C27H30ClN3O4S. The van der Waals surface area contributed by atoms with Crippen LogP contribution in [0.15, 0.2) is 60.0 Å².